The van der Waals surface area contributed by atoms with Crippen molar-refractivity contribution >= 4 is 23.2 Å². The Labute approximate surface area is 161 Å². The van der Waals surface area contributed by atoms with Gasteiger partial charge in [0.25, 0.3) is 5.91 Å². The summed E-state index contributed by atoms with van der Waals surface area (Å²) < 4.78 is 23.8. The Kier molecular flexibility index (Phi) is 5.69. The molecule has 0 fully saturated rings. The lowest BCUT2D eigenvalue weighted by molar-refractivity contribution is 0.102. The number of carbonyl (C=O) groups excluding carboxylic acids is 1. The number of anilines is 3. The number of aryl methyl sites for hydroxylation is 1. The maximum Gasteiger partial charge on any atom is 0.274 e. The van der Waals surface area contributed by atoms with Gasteiger partial charge >= 0.3 is 0 Å². The van der Waals surface area contributed by atoms with Crippen LogP contribution in [0.15, 0.2) is 48.5 Å². The van der Waals surface area contributed by atoms with Crippen molar-refractivity contribution < 1.29 is 18.7 Å². The second-order valence-corrected chi connectivity index (χ2v) is 5.88. The van der Waals surface area contributed by atoms with Crippen molar-refractivity contribution in [3.63, 3.8) is 0 Å². The number of amides is 1. The maximum atomic E-state index is 13.4. The molecule has 2 N–H and O–H groups in total. The fourth-order valence-electron chi connectivity index (χ4n) is 2.55. The minimum absolute atomic E-state index is 0.168. The number of hydrogen-bond donors (Lipinski definition) is 2. The Hall–Kier alpha value is -3.68. The zero-order valence-corrected chi connectivity index (χ0v) is 15.6. The second-order valence-electron chi connectivity index (χ2n) is 5.88. The summed E-state index contributed by atoms with van der Waals surface area (Å²) in [4.78, 5) is 21.1. The van der Waals surface area contributed by atoms with Crippen LogP contribution in [0, 0.1) is 12.7 Å². The van der Waals surface area contributed by atoms with Gasteiger partial charge in [0.1, 0.15) is 11.5 Å². The largest absolute Gasteiger partial charge is 0.493 e. The van der Waals surface area contributed by atoms with Crippen molar-refractivity contribution in [2.45, 2.75) is 6.92 Å². The van der Waals surface area contributed by atoms with Gasteiger partial charge in [-0.3, -0.25) is 4.79 Å². The Balaban J connectivity index is 1.81. The quantitative estimate of drug-likeness (QED) is 0.672. The molecule has 8 heteroatoms. The minimum atomic E-state index is -0.417. The molecule has 1 heterocycles. The van der Waals surface area contributed by atoms with Gasteiger partial charge in [0.05, 0.1) is 14.2 Å². The molecule has 0 radical (unpaired) electrons. The molecule has 0 unspecified atom stereocenters. The summed E-state index contributed by atoms with van der Waals surface area (Å²) in [5.74, 6) is 0.444. The molecule has 0 atom stereocenters. The van der Waals surface area contributed by atoms with E-state index in [1.165, 1.54) is 26.4 Å². The number of ether oxygens (including phenoxy) is 2. The van der Waals surface area contributed by atoms with Crippen molar-refractivity contribution in [3.05, 3.63) is 65.7 Å². The first-order valence-electron chi connectivity index (χ1n) is 8.40. The Morgan fingerprint density at radius 3 is 2.46 bits per heavy atom. The summed E-state index contributed by atoms with van der Waals surface area (Å²) in [6.07, 6.45) is 0. The van der Waals surface area contributed by atoms with Crippen LogP contribution in [-0.2, 0) is 0 Å². The van der Waals surface area contributed by atoms with Crippen LogP contribution in [0.4, 0.5) is 21.7 Å². The fourth-order valence-corrected chi connectivity index (χ4v) is 2.55. The third kappa shape index (κ3) is 4.53. The predicted octanol–water partition coefficient (Wildman–Crippen LogP) is 3.94. The fraction of sp³-hybridized carbons (Fsp3) is 0.150. The molecule has 2 aromatic carbocycles. The lowest BCUT2D eigenvalue weighted by Gasteiger charge is -2.11. The van der Waals surface area contributed by atoms with Gasteiger partial charge in [-0.2, -0.15) is 0 Å². The lowest BCUT2D eigenvalue weighted by atomic mass is 10.2. The van der Waals surface area contributed by atoms with E-state index in [1.54, 1.807) is 43.3 Å². The van der Waals surface area contributed by atoms with E-state index in [2.05, 4.69) is 20.6 Å². The number of aromatic nitrogens is 2. The molecule has 0 saturated carbocycles. The number of nitrogens with one attached hydrogen (secondary N) is 2. The normalized spacial score (nSPS) is 10.3. The van der Waals surface area contributed by atoms with E-state index < -0.39 is 5.91 Å². The average Bonchev–Trinajstić information content (AvgIpc) is 2.67. The molecule has 28 heavy (non-hydrogen) atoms. The van der Waals surface area contributed by atoms with Crippen LogP contribution in [0.25, 0.3) is 0 Å². The molecule has 7 nitrogen and oxygen atoms in total. The number of rotatable bonds is 6. The second kappa shape index (κ2) is 8.34. The average molecular weight is 382 g/mol. The predicted molar refractivity (Wildman–Crippen MR) is 104 cm³/mol. The molecule has 0 aliphatic rings. The van der Waals surface area contributed by atoms with Gasteiger partial charge in [-0.25, -0.2) is 14.4 Å². The monoisotopic (exact) mass is 382 g/mol. The number of benzene rings is 2. The topological polar surface area (TPSA) is 85.4 Å². The third-order valence-electron chi connectivity index (χ3n) is 3.81. The molecular weight excluding hydrogens is 363 g/mol. The Morgan fingerprint density at radius 1 is 0.964 bits per heavy atom. The standard InChI is InChI=1S/C20H19FN4O3/c1-12-9-16(25-20(22-12)24-14-6-4-5-13(21)10-14)19(26)23-15-7-8-17(27-2)18(11-15)28-3/h4-11H,1-3H3,(H,23,26)(H,22,24,25). The molecule has 1 aromatic heterocycles. The van der Waals surface area contributed by atoms with E-state index in [9.17, 15) is 9.18 Å². The van der Waals surface area contributed by atoms with Crippen LogP contribution in [0.2, 0.25) is 0 Å². The molecular formula is C20H19FN4O3. The minimum Gasteiger partial charge on any atom is -0.493 e. The van der Waals surface area contributed by atoms with Crippen molar-refractivity contribution in [2.24, 2.45) is 0 Å². The van der Waals surface area contributed by atoms with Gasteiger partial charge < -0.3 is 20.1 Å². The summed E-state index contributed by atoms with van der Waals surface area (Å²) in [5, 5.41) is 5.66. The molecule has 0 aliphatic carbocycles. The van der Waals surface area contributed by atoms with Crippen molar-refractivity contribution in [2.75, 3.05) is 24.9 Å². The molecule has 0 saturated heterocycles. The maximum absolute atomic E-state index is 13.4. The van der Waals surface area contributed by atoms with Gasteiger partial charge in [-0.1, -0.05) is 6.07 Å². The number of methoxy groups -OCH3 is 2. The zero-order valence-electron chi connectivity index (χ0n) is 15.6. The SMILES string of the molecule is COc1ccc(NC(=O)c2cc(C)nc(Nc3cccc(F)c3)n2)cc1OC. The van der Waals surface area contributed by atoms with Crippen molar-refractivity contribution in [1.29, 1.82) is 0 Å². The van der Waals surface area contributed by atoms with E-state index >= 15 is 0 Å². The van der Waals surface area contributed by atoms with Crippen LogP contribution < -0.4 is 20.1 Å². The first-order valence-corrected chi connectivity index (χ1v) is 8.40. The van der Waals surface area contributed by atoms with E-state index in [1.807, 2.05) is 0 Å². The smallest absolute Gasteiger partial charge is 0.274 e. The highest BCUT2D eigenvalue weighted by Gasteiger charge is 2.13. The molecule has 1 amide bonds. The summed E-state index contributed by atoms with van der Waals surface area (Å²) in [6.45, 7) is 1.74. The first kappa shape index (κ1) is 19.1. The number of nitrogens with zero attached hydrogens (tertiary/aromatic N) is 2. The Bertz CT molecular complexity index is 1010. The molecule has 0 bridgehead atoms. The molecule has 0 aliphatic heterocycles. The van der Waals surface area contributed by atoms with Crippen LogP contribution in [-0.4, -0.2) is 30.1 Å². The van der Waals surface area contributed by atoms with Gasteiger partial charge in [0.2, 0.25) is 5.95 Å². The van der Waals surface area contributed by atoms with Crippen molar-refractivity contribution in [3.8, 4) is 11.5 Å². The molecule has 144 valence electrons. The van der Waals surface area contributed by atoms with Crippen LogP contribution in [0.5, 0.6) is 11.5 Å². The molecule has 3 aromatic rings. The van der Waals surface area contributed by atoms with E-state index in [0.717, 1.165) is 0 Å². The summed E-state index contributed by atoms with van der Waals surface area (Å²) in [5.41, 5.74) is 1.77. The number of carbonyl (C=O) groups is 1. The van der Waals surface area contributed by atoms with E-state index in [0.29, 0.717) is 28.6 Å². The molecule has 3 rings (SSSR count). The number of hydrogen-bond acceptors (Lipinski definition) is 6. The van der Waals surface area contributed by atoms with Crippen LogP contribution in [0.3, 0.4) is 0 Å². The number of halogens is 1. The Morgan fingerprint density at radius 2 is 1.75 bits per heavy atom. The first-order chi connectivity index (χ1) is 13.5. The van der Waals surface area contributed by atoms with E-state index in [-0.39, 0.29) is 17.5 Å². The summed E-state index contributed by atoms with van der Waals surface area (Å²) in [7, 11) is 3.05. The summed E-state index contributed by atoms with van der Waals surface area (Å²) >= 11 is 0. The van der Waals surface area contributed by atoms with E-state index in [4.69, 9.17) is 9.47 Å². The lowest BCUT2D eigenvalue weighted by Crippen LogP contribution is -2.15. The highest BCUT2D eigenvalue weighted by Crippen LogP contribution is 2.30. The van der Waals surface area contributed by atoms with Crippen molar-refractivity contribution in [1.82, 2.24) is 9.97 Å². The third-order valence-corrected chi connectivity index (χ3v) is 3.81. The van der Waals surface area contributed by atoms with Crippen LogP contribution in [0.1, 0.15) is 16.2 Å². The van der Waals surface area contributed by atoms with Gasteiger partial charge in [-0.15, -0.1) is 0 Å². The molecule has 0 spiro atoms. The highest BCUT2D eigenvalue weighted by atomic mass is 19.1. The van der Waals surface area contributed by atoms with Gasteiger partial charge in [0.15, 0.2) is 11.5 Å². The van der Waals surface area contributed by atoms with Gasteiger partial charge in [0, 0.05) is 23.1 Å². The van der Waals surface area contributed by atoms with Gasteiger partial charge in [-0.05, 0) is 43.3 Å². The zero-order chi connectivity index (χ0) is 20.1. The van der Waals surface area contributed by atoms with Crippen LogP contribution >= 0.6 is 0 Å². The highest BCUT2D eigenvalue weighted by molar-refractivity contribution is 6.03. The summed E-state index contributed by atoms with van der Waals surface area (Å²) in [6, 6.07) is 12.5.